The second-order valence-electron chi connectivity index (χ2n) is 3.45. The first kappa shape index (κ1) is 12.2. The molecule has 1 N–H and O–H groups in total. The summed E-state index contributed by atoms with van der Waals surface area (Å²) in [6.45, 7) is 1.18. The Balaban J connectivity index is 2.56. The molecule has 0 saturated carbocycles. The summed E-state index contributed by atoms with van der Waals surface area (Å²) in [5, 5.41) is 1.97. The lowest BCUT2D eigenvalue weighted by atomic mass is 10.3. The molecule has 6 heteroatoms. The van der Waals surface area contributed by atoms with Gasteiger partial charge in [0.25, 0.3) is 5.56 Å². The van der Waals surface area contributed by atoms with Crippen LogP contribution in [0.5, 0.6) is 0 Å². The number of aromatic nitrogens is 2. The predicted molar refractivity (Wildman–Crippen MR) is 71.1 cm³/mol. The van der Waals surface area contributed by atoms with E-state index in [1.807, 2.05) is 22.1 Å². The van der Waals surface area contributed by atoms with Gasteiger partial charge >= 0.3 is 0 Å². The number of thiophene rings is 1. The Morgan fingerprint density at radius 2 is 2.41 bits per heavy atom. The summed E-state index contributed by atoms with van der Waals surface area (Å²) in [5.74, 6) is 0. The molecule has 0 unspecified atom stereocenters. The van der Waals surface area contributed by atoms with Crippen LogP contribution in [0.15, 0.2) is 28.4 Å². The molecular weight excluding hydrogens is 256 g/mol. The Labute approximate surface area is 108 Å². The van der Waals surface area contributed by atoms with Crippen molar-refractivity contribution in [2.75, 3.05) is 13.7 Å². The molecule has 0 atom stereocenters. The normalized spacial score (nSPS) is 10.6. The molecule has 0 amide bonds. The molecule has 90 valence electrons. The molecule has 0 aliphatic carbocycles. The fourth-order valence-corrected chi connectivity index (χ4v) is 2.59. The van der Waals surface area contributed by atoms with Gasteiger partial charge in [-0.25, -0.2) is 0 Å². The largest absolute Gasteiger partial charge is 0.383 e. The van der Waals surface area contributed by atoms with Gasteiger partial charge < -0.3 is 9.30 Å². The molecule has 0 aromatic carbocycles. The van der Waals surface area contributed by atoms with Crippen LogP contribution < -0.4 is 5.56 Å². The summed E-state index contributed by atoms with van der Waals surface area (Å²) in [6, 6.07) is 5.49. The van der Waals surface area contributed by atoms with Crippen molar-refractivity contribution in [3.8, 4) is 10.6 Å². The van der Waals surface area contributed by atoms with Crippen molar-refractivity contribution in [1.82, 2.24) is 9.55 Å². The summed E-state index contributed by atoms with van der Waals surface area (Å²) >= 11 is 6.75. The monoisotopic (exact) mass is 268 g/mol. The molecule has 0 aliphatic rings. The molecule has 2 rings (SSSR count). The van der Waals surface area contributed by atoms with Gasteiger partial charge in [-0.15, -0.1) is 11.3 Å². The molecule has 17 heavy (non-hydrogen) atoms. The minimum atomic E-state index is -0.174. The number of nitrogens with one attached hydrogen (secondary N) is 1. The lowest BCUT2D eigenvalue weighted by Gasteiger charge is -2.11. The number of rotatable bonds is 4. The Bertz CT molecular complexity index is 599. The van der Waals surface area contributed by atoms with Crippen molar-refractivity contribution in [2.24, 2.45) is 0 Å². The van der Waals surface area contributed by atoms with E-state index in [1.54, 1.807) is 24.5 Å². The minimum Gasteiger partial charge on any atom is -0.383 e. The Kier molecular flexibility index (Phi) is 3.88. The Morgan fingerprint density at radius 1 is 1.59 bits per heavy atom. The molecule has 2 aromatic heterocycles. The van der Waals surface area contributed by atoms with Crippen LogP contribution in [0.4, 0.5) is 0 Å². The van der Waals surface area contributed by atoms with Crippen LogP contribution in [0, 0.1) is 4.77 Å². The molecule has 0 spiro atoms. The fraction of sp³-hybridized carbons (Fsp3) is 0.273. The van der Waals surface area contributed by atoms with Gasteiger partial charge in [0.05, 0.1) is 17.2 Å². The van der Waals surface area contributed by atoms with Gasteiger partial charge in [-0.3, -0.25) is 9.78 Å². The third-order valence-corrected chi connectivity index (χ3v) is 3.54. The molecule has 2 heterocycles. The number of hydrogen-bond donors (Lipinski definition) is 1. The number of aromatic amines is 1. The lowest BCUT2D eigenvalue weighted by molar-refractivity contribution is 0.187. The zero-order valence-electron chi connectivity index (χ0n) is 9.30. The third kappa shape index (κ3) is 2.71. The summed E-state index contributed by atoms with van der Waals surface area (Å²) < 4.78 is 7.36. The van der Waals surface area contributed by atoms with E-state index in [9.17, 15) is 4.79 Å². The van der Waals surface area contributed by atoms with Crippen molar-refractivity contribution < 1.29 is 4.74 Å². The fourth-order valence-electron chi connectivity index (χ4n) is 1.55. The van der Waals surface area contributed by atoms with Crippen LogP contribution in [0.25, 0.3) is 10.6 Å². The highest BCUT2D eigenvalue weighted by Gasteiger charge is 2.07. The first-order chi connectivity index (χ1) is 8.22. The van der Waals surface area contributed by atoms with Crippen LogP contribution in [-0.4, -0.2) is 23.3 Å². The van der Waals surface area contributed by atoms with E-state index in [0.29, 0.717) is 17.9 Å². The zero-order chi connectivity index (χ0) is 12.3. The van der Waals surface area contributed by atoms with Crippen LogP contribution in [0.1, 0.15) is 0 Å². The number of methoxy groups -OCH3 is 1. The topological polar surface area (TPSA) is 47.0 Å². The molecule has 4 nitrogen and oxygen atoms in total. The van der Waals surface area contributed by atoms with Gasteiger partial charge in [-0.2, -0.15) is 0 Å². The average Bonchev–Trinajstić information content (AvgIpc) is 2.80. The number of nitrogens with zero attached hydrogens (tertiary/aromatic N) is 1. The van der Waals surface area contributed by atoms with E-state index >= 15 is 0 Å². The molecule has 0 saturated heterocycles. The first-order valence-corrected chi connectivity index (χ1v) is 6.38. The summed E-state index contributed by atoms with van der Waals surface area (Å²) in [7, 11) is 1.64. The van der Waals surface area contributed by atoms with Gasteiger partial charge in [0.15, 0.2) is 4.77 Å². The van der Waals surface area contributed by atoms with Crippen molar-refractivity contribution >= 4 is 23.6 Å². The van der Waals surface area contributed by atoms with Gasteiger partial charge in [0.2, 0.25) is 0 Å². The number of ether oxygens (including phenoxy) is 1. The van der Waals surface area contributed by atoms with Crippen LogP contribution in [-0.2, 0) is 11.3 Å². The van der Waals surface area contributed by atoms with E-state index in [0.717, 1.165) is 10.6 Å². The summed E-state index contributed by atoms with van der Waals surface area (Å²) in [5.41, 5.74) is 0.665. The molecular formula is C11H12N2O2S2. The summed E-state index contributed by atoms with van der Waals surface area (Å²) in [6.07, 6.45) is 0. The Morgan fingerprint density at radius 3 is 3.06 bits per heavy atom. The van der Waals surface area contributed by atoms with Gasteiger partial charge in [-0.1, -0.05) is 6.07 Å². The van der Waals surface area contributed by atoms with Crippen LogP contribution in [0.2, 0.25) is 0 Å². The zero-order valence-corrected chi connectivity index (χ0v) is 10.9. The van der Waals surface area contributed by atoms with Gasteiger partial charge in [0, 0.05) is 19.7 Å². The van der Waals surface area contributed by atoms with Crippen molar-refractivity contribution in [1.29, 1.82) is 0 Å². The maximum absolute atomic E-state index is 11.5. The number of hydrogen-bond acceptors (Lipinski definition) is 4. The highest BCUT2D eigenvalue weighted by Crippen LogP contribution is 2.23. The van der Waals surface area contributed by atoms with Crippen molar-refractivity contribution in [3.63, 3.8) is 0 Å². The quantitative estimate of drug-likeness (QED) is 0.865. The summed E-state index contributed by atoms with van der Waals surface area (Å²) in [4.78, 5) is 15.1. The standard InChI is InChI=1S/C11H12N2O2S2/c1-15-5-4-13-8(9-3-2-6-17-9)7-10(14)12-11(13)16/h2-3,6-7H,4-5H2,1H3,(H,12,14,16). The Hall–Kier alpha value is -1.24. The SMILES string of the molecule is COCCn1c(-c2cccs2)cc(=O)[nH]c1=S. The second-order valence-corrected chi connectivity index (χ2v) is 4.78. The predicted octanol–water partition coefficient (Wildman–Crippen LogP) is 2.28. The van der Waals surface area contributed by atoms with E-state index in [2.05, 4.69) is 4.98 Å². The molecule has 0 fully saturated rings. The highest BCUT2D eigenvalue weighted by atomic mass is 32.1. The first-order valence-electron chi connectivity index (χ1n) is 5.09. The molecule has 0 aliphatic heterocycles. The van der Waals surface area contributed by atoms with Gasteiger partial charge in [0.1, 0.15) is 0 Å². The van der Waals surface area contributed by atoms with Crippen LogP contribution in [0.3, 0.4) is 0 Å². The van der Waals surface area contributed by atoms with E-state index in [4.69, 9.17) is 17.0 Å². The van der Waals surface area contributed by atoms with E-state index < -0.39 is 0 Å². The van der Waals surface area contributed by atoms with Gasteiger partial charge in [-0.05, 0) is 23.7 Å². The van der Waals surface area contributed by atoms with Crippen molar-refractivity contribution in [3.05, 3.63) is 38.7 Å². The minimum absolute atomic E-state index is 0.174. The second kappa shape index (κ2) is 5.39. The third-order valence-electron chi connectivity index (χ3n) is 2.33. The molecule has 0 radical (unpaired) electrons. The lowest BCUT2D eigenvalue weighted by Crippen LogP contribution is -2.16. The maximum atomic E-state index is 11.5. The van der Waals surface area contributed by atoms with E-state index in [-0.39, 0.29) is 5.56 Å². The smallest absolute Gasteiger partial charge is 0.252 e. The number of H-pyrrole nitrogens is 1. The molecule has 2 aromatic rings. The molecule has 0 bridgehead atoms. The highest BCUT2D eigenvalue weighted by molar-refractivity contribution is 7.71. The average molecular weight is 268 g/mol. The van der Waals surface area contributed by atoms with E-state index in [1.165, 1.54) is 0 Å². The van der Waals surface area contributed by atoms with Crippen LogP contribution >= 0.6 is 23.6 Å². The van der Waals surface area contributed by atoms with Crippen molar-refractivity contribution in [2.45, 2.75) is 6.54 Å². The maximum Gasteiger partial charge on any atom is 0.252 e.